The van der Waals surface area contributed by atoms with Crippen molar-refractivity contribution >= 4 is 27.3 Å². The maximum Gasteiger partial charge on any atom is 0.289 e. The monoisotopic (exact) mass is 327 g/mol. The number of nitrogens with one attached hydrogen (secondary N) is 1. The van der Waals surface area contributed by atoms with Crippen molar-refractivity contribution in [3.63, 3.8) is 0 Å². The van der Waals surface area contributed by atoms with Gasteiger partial charge in [-0.15, -0.1) is 0 Å². The van der Waals surface area contributed by atoms with Crippen LogP contribution in [0.15, 0.2) is 47.6 Å². The fraction of sp³-hybridized carbons (Fsp3) is 0.0833. The lowest BCUT2D eigenvalue weighted by Gasteiger charge is -2.07. The summed E-state index contributed by atoms with van der Waals surface area (Å²) in [5.74, 6) is 0. The molecular weight excluding hydrogens is 318 g/mol. The molecule has 1 aromatic heterocycles. The van der Waals surface area contributed by atoms with Gasteiger partial charge in [-0.25, -0.2) is 13.1 Å². The van der Waals surface area contributed by atoms with Crippen molar-refractivity contribution in [3.05, 3.63) is 63.4 Å². The summed E-state index contributed by atoms with van der Waals surface area (Å²) < 4.78 is 26.6. The van der Waals surface area contributed by atoms with Gasteiger partial charge in [0, 0.05) is 25.0 Å². The van der Waals surface area contributed by atoms with Crippen molar-refractivity contribution < 1.29 is 13.3 Å². The Hall–Kier alpha value is -2.03. The highest BCUT2D eigenvalue weighted by molar-refractivity contribution is 7.89. The number of pyridine rings is 1. The highest BCUT2D eigenvalue weighted by Crippen LogP contribution is 2.27. The van der Waals surface area contributed by atoms with Gasteiger partial charge in [-0.1, -0.05) is 11.6 Å². The molecule has 9 heteroatoms. The second-order valence-corrected chi connectivity index (χ2v) is 6.22. The van der Waals surface area contributed by atoms with Gasteiger partial charge in [0.15, 0.2) is 0 Å². The van der Waals surface area contributed by atoms with Crippen LogP contribution in [-0.2, 0) is 16.6 Å². The molecule has 0 saturated carbocycles. The molecule has 0 aliphatic rings. The van der Waals surface area contributed by atoms with Gasteiger partial charge >= 0.3 is 0 Å². The number of aromatic nitrogens is 1. The molecule has 1 heterocycles. The lowest BCUT2D eigenvalue weighted by atomic mass is 10.3. The zero-order valence-corrected chi connectivity index (χ0v) is 12.1. The van der Waals surface area contributed by atoms with Gasteiger partial charge in [-0.2, -0.15) is 0 Å². The molecular formula is C12H10ClN3O4S. The summed E-state index contributed by atoms with van der Waals surface area (Å²) in [6.45, 7) is 0.0568. The van der Waals surface area contributed by atoms with Crippen LogP contribution in [0.2, 0.25) is 5.02 Å². The van der Waals surface area contributed by atoms with E-state index in [0.29, 0.717) is 0 Å². The number of nitrogens with zero attached hydrogens (tertiary/aromatic N) is 2. The summed E-state index contributed by atoms with van der Waals surface area (Å²) in [7, 11) is -3.86. The lowest BCUT2D eigenvalue weighted by Crippen LogP contribution is -2.23. The van der Waals surface area contributed by atoms with Crippen LogP contribution in [-0.4, -0.2) is 18.3 Å². The maximum atomic E-state index is 12.1. The molecule has 1 N–H and O–H groups in total. The second-order valence-electron chi connectivity index (χ2n) is 4.05. The molecule has 0 aliphatic carbocycles. The molecule has 0 saturated heterocycles. The molecule has 1 aromatic carbocycles. The normalized spacial score (nSPS) is 11.3. The Labute approximate surface area is 125 Å². The van der Waals surface area contributed by atoms with Gasteiger partial charge in [0.25, 0.3) is 5.69 Å². The third kappa shape index (κ3) is 3.75. The maximum absolute atomic E-state index is 12.1. The van der Waals surface area contributed by atoms with Gasteiger partial charge < -0.3 is 0 Å². The van der Waals surface area contributed by atoms with E-state index >= 15 is 0 Å². The SMILES string of the molecule is O=[N+]([O-])c1cc(S(=O)(=O)NCc2ccncc2)ccc1Cl. The number of halogens is 1. The zero-order chi connectivity index (χ0) is 15.5. The molecule has 7 nitrogen and oxygen atoms in total. The molecule has 0 unspecified atom stereocenters. The third-order valence-corrected chi connectivity index (χ3v) is 4.36. The van der Waals surface area contributed by atoms with Crippen molar-refractivity contribution in [1.82, 2.24) is 9.71 Å². The van der Waals surface area contributed by atoms with Crippen LogP contribution in [0.4, 0.5) is 5.69 Å². The molecule has 0 radical (unpaired) electrons. The lowest BCUT2D eigenvalue weighted by molar-refractivity contribution is -0.384. The Morgan fingerprint density at radius 2 is 1.90 bits per heavy atom. The Morgan fingerprint density at radius 3 is 2.52 bits per heavy atom. The van der Waals surface area contributed by atoms with Crippen LogP contribution in [0.1, 0.15) is 5.56 Å². The van der Waals surface area contributed by atoms with Crippen molar-refractivity contribution in [2.45, 2.75) is 11.4 Å². The molecule has 110 valence electrons. The average molecular weight is 328 g/mol. The minimum atomic E-state index is -3.86. The largest absolute Gasteiger partial charge is 0.289 e. The van der Waals surface area contributed by atoms with E-state index in [1.54, 1.807) is 12.1 Å². The highest BCUT2D eigenvalue weighted by Gasteiger charge is 2.20. The summed E-state index contributed by atoms with van der Waals surface area (Å²) in [6.07, 6.45) is 3.08. The number of nitro groups is 1. The first-order valence-corrected chi connectivity index (χ1v) is 7.59. The van der Waals surface area contributed by atoms with Gasteiger partial charge in [-0.3, -0.25) is 15.1 Å². The Morgan fingerprint density at radius 1 is 1.24 bits per heavy atom. The number of hydrogen-bond acceptors (Lipinski definition) is 5. The van der Waals surface area contributed by atoms with E-state index in [-0.39, 0.29) is 16.5 Å². The molecule has 0 spiro atoms. The smallest absolute Gasteiger partial charge is 0.265 e. The summed E-state index contributed by atoms with van der Waals surface area (Å²) in [4.78, 5) is 13.7. The predicted octanol–water partition coefficient (Wildman–Crippen LogP) is 2.12. The number of rotatable bonds is 5. The van der Waals surface area contributed by atoms with Crippen LogP contribution >= 0.6 is 11.6 Å². The minimum absolute atomic E-state index is 0.0568. The number of sulfonamides is 1. The molecule has 0 amide bonds. The van der Waals surface area contributed by atoms with Gasteiger partial charge in [0.05, 0.1) is 9.82 Å². The standard InChI is InChI=1S/C12H10ClN3O4S/c13-11-2-1-10(7-12(11)16(17)18)21(19,20)15-8-9-3-5-14-6-4-9/h1-7,15H,8H2. The molecule has 0 bridgehead atoms. The molecule has 21 heavy (non-hydrogen) atoms. The second kappa shape index (κ2) is 6.17. The number of nitro benzene ring substituents is 1. The Kier molecular flexibility index (Phi) is 4.51. The van der Waals surface area contributed by atoms with Gasteiger partial charge in [-0.05, 0) is 29.8 Å². The van der Waals surface area contributed by atoms with Gasteiger partial charge in [0.2, 0.25) is 10.0 Å². The topological polar surface area (TPSA) is 102 Å². The first-order valence-electron chi connectivity index (χ1n) is 5.72. The fourth-order valence-electron chi connectivity index (χ4n) is 1.56. The van der Waals surface area contributed by atoms with Crippen molar-refractivity contribution in [2.75, 3.05) is 0 Å². The van der Waals surface area contributed by atoms with E-state index < -0.39 is 20.6 Å². The number of benzene rings is 1. The molecule has 2 aromatic rings. The average Bonchev–Trinajstić information content (AvgIpc) is 2.46. The van der Waals surface area contributed by atoms with Crippen LogP contribution in [0.3, 0.4) is 0 Å². The van der Waals surface area contributed by atoms with E-state index in [9.17, 15) is 18.5 Å². The summed E-state index contributed by atoms with van der Waals surface area (Å²) in [5, 5.41) is 10.7. The number of hydrogen-bond donors (Lipinski definition) is 1. The minimum Gasteiger partial charge on any atom is -0.265 e. The molecule has 0 atom stereocenters. The van der Waals surface area contributed by atoms with Crippen LogP contribution < -0.4 is 4.72 Å². The Balaban J connectivity index is 2.24. The highest BCUT2D eigenvalue weighted by atomic mass is 35.5. The van der Waals surface area contributed by atoms with Crippen LogP contribution in [0, 0.1) is 10.1 Å². The van der Waals surface area contributed by atoms with E-state index in [1.165, 1.54) is 24.5 Å². The summed E-state index contributed by atoms with van der Waals surface area (Å²) >= 11 is 5.65. The van der Waals surface area contributed by atoms with E-state index in [0.717, 1.165) is 11.6 Å². The first-order chi connectivity index (χ1) is 9.90. The van der Waals surface area contributed by atoms with E-state index in [4.69, 9.17) is 11.6 Å². The van der Waals surface area contributed by atoms with E-state index in [1.807, 2.05) is 0 Å². The van der Waals surface area contributed by atoms with Crippen molar-refractivity contribution in [3.8, 4) is 0 Å². The Bertz CT molecular complexity index is 765. The zero-order valence-electron chi connectivity index (χ0n) is 10.6. The first kappa shape index (κ1) is 15.4. The molecule has 0 fully saturated rings. The van der Waals surface area contributed by atoms with Crippen molar-refractivity contribution in [2.24, 2.45) is 0 Å². The van der Waals surface area contributed by atoms with Gasteiger partial charge in [0.1, 0.15) is 5.02 Å². The molecule has 2 rings (SSSR count). The summed E-state index contributed by atoms with van der Waals surface area (Å²) in [5.41, 5.74) is 0.264. The van der Waals surface area contributed by atoms with Crippen LogP contribution in [0.25, 0.3) is 0 Å². The fourth-order valence-corrected chi connectivity index (χ4v) is 2.79. The quantitative estimate of drug-likeness (QED) is 0.669. The predicted molar refractivity (Wildman–Crippen MR) is 76.4 cm³/mol. The van der Waals surface area contributed by atoms with E-state index in [2.05, 4.69) is 9.71 Å². The summed E-state index contributed by atoms with van der Waals surface area (Å²) in [6, 6.07) is 6.64. The van der Waals surface area contributed by atoms with Crippen molar-refractivity contribution in [1.29, 1.82) is 0 Å². The molecule has 0 aliphatic heterocycles. The van der Waals surface area contributed by atoms with Crippen LogP contribution in [0.5, 0.6) is 0 Å². The third-order valence-electron chi connectivity index (χ3n) is 2.64.